The minimum atomic E-state index is -0.743. The summed E-state index contributed by atoms with van der Waals surface area (Å²) >= 11 is 7.84. The molecule has 0 fully saturated rings. The second kappa shape index (κ2) is 9.91. The fourth-order valence-corrected chi connectivity index (χ4v) is 5.32. The molecule has 0 saturated carbocycles. The number of benzene rings is 2. The molecule has 2 heterocycles. The molecule has 0 saturated heterocycles. The third-order valence-electron chi connectivity index (χ3n) is 5.84. The molecule has 0 N–H and O–H groups in total. The highest BCUT2D eigenvalue weighted by molar-refractivity contribution is 7.13. The molecule has 0 amide bonds. The van der Waals surface area contributed by atoms with Gasteiger partial charge < -0.3 is 9.47 Å². The Labute approximate surface area is 206 Å². The van der Waals surface area contributed by atoms with E-state index in [2.05, 4.69) is 4.99 Å². The molecule has 3 aromatic rings. The van der Waals surface area contributed by atoms with Crippen molar-refractivity contribution >= 4 is 40.6 Å². The van der Waals surface area contributed by atoms with Crippen molar-refractivity contribution in [2.75, 3.05) is 14.2 Å². The van der Waals surface area contributed by atoms with E-state index in [-0.39, 0.29) is 0 Å². The van der Waals surface area contributed by atoms with Crippen molar-refractivity contribution in [3.8, 4) is 21.8 Å². The third kappa shape index (κ3) is 4.41. The van der Waals surface area contributed by atoms with Gasteiger partial charge in [0.25, 0.3) is 0 Å². The first-order valence-electron chi connectivity index (χ1n) is 10.6. The van der Waals surface area contributed by atoms with Crippen LogP contribution in [0.4, 0.5) is 0 Å². The van der Waals surface area contributed by atoms with Gasteiger partial charge in [0.05, 0.1) is 25.5 Å². The molecule has 8 heteroatoms. The zero-order valence-electron chi connectivity index (χ0n) is 19.2. The fourth-order valence-electron chi connectivity index (χ4n) is 4.27. The topological polar surface area (TPSA) is 77.8 Å². The number of carbonyl (C=O) groups is 2. The van der Waals surface area contributed by atoms with E-state index in [9.17, 15) is 9.59 Å². The number of hydrogen-bond acceptors (Lipinski definition) is 7. The van der Waals surface area contributed by atoms with Crippen LogP contribution in [-0.2, 0) is 19.1 Å². The lowest BCUT2D eigenvalue weighted by Gasteiger charge is -2.31. The lowest BCUT2D eigenvalue weighted by atomic mass is 9.75. The predicted octanol–water partition coefficient (Wildman–Crippen LogP) is 5.92. The number of aliphatic imine (C=N–C) groups is 1. The number of aromatic nitrogens is 1. The second-order valence-electron chi connectivity index (χ2n) is 7.87. The average Bonchev–Trinajstić information content (AvgIpc) is 3.33. The van der Waals surface area contributed by atoms with E-state index in [0.29, 0.717) is 22.0 Å². The van der Waals surface area contributed by atoms with Gasteiger partial charge in [-0.3, -0.25) is 9.79 Å². The summed E-state index contributed by atoms with van der Waals surface area (Å²) in [6.07, 6.45) is 0. The molecule has 1 aromatic heterocycles. The highest BCUT2D eigenvalue weighted by Crippen LogP contribution is 2.41. The van der Waals surface area contributed by atoms with Gasteiger partial charge in [0.2, 0.25) is 0 Å². The Bertz CT molecular complexity index is 1330. The Morgan fingerprint density at radius 2 is 1.79 bits per heavy atom. The first-order valence-corrected chi connectivity index (χ1v) is 11.8. The van der Waals surface area contributed by atoms with E-state index in [1.165, 1.54) is 25.6 Å². The Balaban J connectivity index is 1.80. The molecule has 4 rings (SSSR count). The minimum Gasteiger partial charge on any atom is -0.468 e. The molecule has 1 aliphatic rings. The summed E-state index contributed by atoms with van der Waals surface area (Å²) in [5.41, 5.74) is 4.74. The number of halogens is 1. The molecule has 0 bridgehead atoms. The van der Waals surface area contributed by atoms with Gasteiger partial charge >= 0.3 is 11.9 Å². The molecule has 6 nitrogen and oxygen atoms in total. The molecule has 2 aromatic carbocycles. The predicted molar refractivity (Wildman–Crippen MR) is 134 cm³/mol. The smallest absolute Gasteiger partial charge is 0.336 e. The van der Waals surface area contributed by atoms with E-state index >= 15 is 0 Å². The maximum Gasteiger partial charge on any atom is 0.336 e. The molecule has 0 spiro atoms. The van der Waals surface area contributed by atoms with Crippen molar-refractivity contribution in [3.63, 3.8) is 0 Å². The highest BCUT2D eigenvalue weighted by Gasteiger charge is 2.42. The fraction of sp³-hybridized carbons (Fsp3) is 0.231. The number of methoxy groups -OCH3 is 2. The van der Waals surface area contributed by atoms with E-state index in [1.54, 1.807) is 13.8 Å². The molecule has 2 atom stereocenters. The second-order valence-corrected chi connectivity index (χ2v) is 9.13. The Morgan fingerprint density at radius 1 is 1.03 bits per heavy atom. The molecule has 0 aliphatic carbocycles. The van der Waals surface area contributed by atoms with E-state index in [1.807, 2.05) is 53.9 Å². The highest BCUT2D eigenvalue weighted by atomic mass is 35.5. The van der Waals surface area contributed by atoms with Gasteiger partial charge in [-0.15, -0.1) is 11.3 Å². The van der Waals surface area contributed by atoms with Crippen molar-refractivity contribution < 1.29 is 19.1 Å². The maximum atomic E-state index is 12.8. The van der Waals surface area contributed by atoms with Crippen LogP contribution in [0, 0.1) is 5.92 Å². The third-order valence-corrected chi connectivity index (χ3v) is 7.06. The largest absolute Gasteiger partial charge is 0.468 e. The SMILES string of the molecule is COC(=O)C1=C(C)N=C(C)C(C(=O)OC)C1c1cccc(-c2nc(-c3ccccc3Cl)cs2)c1. The van der Waals surface area contributed by atoms with Gasteiger partial charge in [0, 0.05) is 38.9 Å². The Kier molecular flexibility index (Phi) is 6.95. The summed E-state index contributed by atoms with van der Waals surface area (Å²) in [6, 6.07) is 15.2. The number of ether oxygens (including phenoxy) is 2. The summed E-state index contributed by atoms with van der Waals surface area (Å²) in [5.74, 6) is -2.32. The average molecular weight is 495 g/mol. The number of rotatable bonds is 5. The van der Waals surface area contributed by atoms with Crippen LogP contribution in [0.5, 0.6) is 0 Å². The monoisotopic (exact) mass is 494 g/mol. The van der Waals surface area contributed by atoms with Crippen LogP contribution in [0.15, 0.2) is 70.2 Å². The summed E-state index contributed by atoms with van der Waals surface area (Å²) in [6.45, 7) is 3.52. The number of allylic oxidation sites excluding steroid dienone is 1. The number of esters is 2. The molecule has 2 unspecified atom stereocenters. The molecule has 1 aliphatic heterocycles. The Morgan fingerprint density at radius 3 is 2.50 bits per heavy atom. The van der Waals surface area contributed by atoms with Crippen LogP contribution in [0.3, 0.4) is 0 Å². The first kappa shape index (κ1) is 23.9. The zero-order valence-corrected chi connectivity index (χ0v) is 20.7. The summed E-state index contributed by atoms with van der Waals surface area (Å²) in [5, 5.41) is 3.39. The van der Waals surface area contributed by atoms with Crippen LogP contribution >= 0.6 is 22.9 Å². The van der Waals surface area contributed by atoms with Crippen molar-refractivity contribution in [2.24, 2.45) is 10.9 Å². The quantitative estimate of drug-likeness (QED) is 0.411. The number of carbonyl (C=O) groups excluding carboxylic acids is 2. The summed E-state index contributed by atoms with van der Waals surface area (Å²) in [7, 11) is 2.65. The molecule has 0 radical (unpaired) electrons. The summed E-state index contributed by atoms with van der Waals surface area (Å²) < 4.78 is 10.1. The van der Waals surface area contributed by atoms with Crippen LogP contribution in [-0.4, -0.2) is 36.9 Å². The molecular weight excluding hydrogens is 472 g/mol. The van der Waals surface area contributed by atoms with E-state index < -0.39 is 23.8 Å². The zero-order chi connectivity index (χ0) is 24.4. The lowest BCUT2D eigenvalue weighted by Crippen LogP contribution is -2.36. The summed E-state index contributed by atoms with van der Waals surface area (Å²) in [4.78, 5) is 34.8. The van der Waals surface area contributed by atoms with E-state index in [0.717, 1.165) is 27.4 Å². The van der Waals surface area contributed by atoms with Crippen molar-refractivity contribution in [3.05, 3.63) is 75.8 Å². The van der Waals surface area contributed by atoms with Crippen LogP contribution in [0.2, 0.25) is 5.02 Å². The van der Waals surface area contributed by atoms with E-state index in [4.69, 9.17) is 26.1 Å². The van der Waals surface area contributed by atoms with Crippen molar-refractivity contribution in [1.29, 1.82) is 0 Å². The van der Waals surface area contributed by atoms with Crippen molar-refractivity contribution in [2.45, 2.75) is 19.8 Å². The molecule has 174 valence electrons. The van der Waals surface area contributed by atoms with Crippen LogP contribution in [0.1, 0.15) is 25.3 Å². The van der Waals surface area contributed by atoms with Gasteiger partial charge in [-0.2, -0.15) is 0 Å². The number of hydrogen-bond donors (Lipinski definition) is 0. The minimum absolute atomic E-state index is 0.344. The normalized spacial score (nSPS) is 17.9. The molecule has 34 heavy (non-hydrogen) atoms. The number of nitrogens with zero attached hydrogens (tertiary/aromatic N) is 2. The maximum absolute atomic E-state index is 12.8. The van der Waals surface area contributed by atoms with Gasteiger partial charge in [-0.1, -0.05) is 48.0 Å². The Hall–Kier alpha value is -3.29. The van der Waals surface area contributed by atoms with Gasteiger partial charge in [0.1, 0.15) is 10.9 Å². The number of thiazole rings is 1. The molecular formula is C26H23ClN2O4S. The van der Waals surface area contributed by atoms with Gasteiger partial charge in [-0.05, 0) is 31.5 Å². The standard InChI is InChI=1S/C26H23ClN2O4S/c1-14-21(25(30)32-3)23(22(15(2)28-14)26(31)33-4)16-8-7-9-17(12-16)24-29-20(13-34-24)18-10-5-6-11-19(18)27/h5-13,21,23H,1-4H3. The van der Waals surface area contributed by atoms with Gasteiger partial charge in [-0.25, -0.2) is 9.78 Å². The van der Waals surface area contributed by atoms with Crippen molar-refractivity contribution in [1.82, 2.24) is 4.98 Å². The van der Waals surface area contributed by atoms with Crippen LogP contribution < -0.4 is 0 Å². The lowest BCUT2D eigenvalue weighted by molar-refractivity contribution is -0.143. The van der Waals surface area contributed by atoms with Crippen LogP contribution in [0.25, 0.3) is 21.8 Å². The first-order chi connectivity index (χ1) is 16.3. The van der Waals surface area contributed by atoms with Gasteiger partial charge in [0.15, 0.2) is 0 Å².